The highest BCUT2D eigenvalue weighted by atomic mass is 35.5. The molecule has 4 rings (SSSR count). The first-order valence-electron chi connectivity index (χ1n) is 10.2. The molecule has 1 saturated heterocycles. The Morgan fingerprint density at radius 1 is 1.09 bits per heavy atom. The van der Waals surface area contributed by atoms with Gasteiger partial charge < -0.3 is 14.8 Å². The predicted molar refractivity (Wildman–Crippen MR) is 126 cm³/mol. The van der Waals surface area contributed by atoms with Gasteiger partial charge in [0, 0.05) is 61.0 Å². The van der Waals surface area contributed by atoms with Crippen molar-refractivity contribution in [3.05, 3.63) is 74.6 Å². The predicted octanol–water partition coefficient (Wildman–Crippen LogP) is 3.02. The Labute approximate surface area is 193 Å². The van der Waals surface area contributed by atoms with Crippen molar-refractivity contribution < 1.29 is 9.59 Å². The quantitative estimate of drug-likeness (QED) is 0.575. The van der Waals surface area contributed by atoms with Crippen LogP contribution in [-0.4, -0.2) is 52.9 Å². The number of halogens is 1. The lowest BCUT2D eigenvalue weighted by atomic mass is 10.2. The first-order chi connectivity index (χ1) is 15.5. The number of H-pyrrole nitrogens is 1. The van der Waals surface area contributed by atoms with Crippen molar-refractivity contribution in [1.29, 1.82) is 0 Å². The number of thiazole rings is 1. The largest absolute Gasteiger partial charge is 0.368 e. The second kappa shape index (κ2) is 9.97. The number of hydrogen-bond acceptors (Lipinski definition) is 6. The van der Waals surface area contributed by atoms with Gasteiger partial charge in [-0.2, -0.15) is 0 Å². The van der Waals surface area contributed by atoms with Crippen molar-refractivity contribution >= 4 is 45.6 Å². The SMILES string of the molecule is O=C(Nc1nc(CCC(=O)N2CCN(c3ccc(Cl)cc3)CC2)cs1)c1ccc(=O)[nH]c1. The Balaban J connectivity index is 1.24. The van der Waals surface area contributed by atoms with Crippen molar-refractivity contribution in [3.63, 3.8) is 0 Å². The molecule has 166 valence electrons. The zero-order chi connectivity index (χ0) is 22.5. The lowest BCUT2D eigenvalue weighted by molar-refractivity contribution is -0.131. The summed E-state index contributed by atoms with van der Waals surface area (Å²) in [6, 6.07) is 10.5. The number of anilines is 2. The summed E-state index contributed by atoms with van der Waals surface area (Å²) >= 11 is 7.26. The lowest BCUT2D eigenvalue weighted by Gasteiger charge is -2.36. The van der Waals surface area contributed by atoms with Crippen LogP contribution >= 0.6 is 22.9 Å². The fraction of sp³-hybridized carbons (Fsp3) is 0.273. The first kappa shape index (κ1) is 22.0. The molecule has 3 aromatic rings. The number of carbonyl (C=O) groups excluding carboxylic acids is 2. The highest BCUT2D eigenvalue weighted by Crippen LogP contribution is 2.21. The molecule has 1 aromatic carbocycles. The molecule has 2 aromatic heterocycles. The molecule has 0 aliphatic carbocycles. The summed E-state index contributed by atoms with van der Waals surface area (Å²) in [5, 5.41) is 5.72. The molecule has 0 atom stereocenters. The molecule has 1 aliphatic heterocycles. The summed E-state index contributed by atoms with van der Waals surface area (Å²) in [6.07, 6.45) is 2.25. The maximum Gasteiger partial charge on any atom is 0.258 e. The van der Waals surface area contributed by atoms with E-state index in [0.29, 0.717) is 41.6 Å². The van der Waals surface area contributed by atoms with Gasteiger partial charge in [0.05, 0.1) is 11.3 Å². The van der Waals surface area contributed by atoms with E-state index >= 15 is 0 Å². The molecule has 2 N–H and O–H groups in total. The molecule has 10 heteroatoms. The van der Waals surface area contributed by atoms with Gasteiger partial charge in [0.15, 0.2) is 5.13 Å². The van der Waals surface area contributed by atoms with E-state index in [-0.39, 0.29) is 17.4 Å². The number of rotatable bonds is 6. The van der Waals surface area contributed by atoms with E-state index in [0.717, 1.165) is 24.5 Å². The molecule has 1 fully saturated rings. The molecule has 32 heavy (non-hydrogen) atoms. The summed E-state index contributed by atoms with van der Waals surface area (Å²) in [6.45, 7) is 2.92. The number of benzene rings is 1. The number of amides is 2. The van der Waals surface area contributed by atoms with Crippen molar-refractivity contribution in [2.45, 2.75) is 12.8 Å². The van der Waals surface area contributed by atoms with E-state index in [1.165, 1.54) is 29.7 Å². The lowest BCUT2D eigenvalue weighted by Crippen LogP contribution is -2.48. The summed E-state index contributed by atoms with van der Waals surface area (Å²) in [7, 11) is 0. The van der Waals surface area contributed by atoms with Crippen molar-refractivity contribution in [3.8, 4) is 0 Å². The van der Waals surface area contributed by atoms with Gasteiger partial charge in [-0.25, -0.2) is 4.98 Å². The van der Waals surface area contributed by atoms with Gasteiger partial charge in [0.25, 0.3) is 5.91 Å². The molecular weight excluding hydrogens is 450 g/mol. The Kier molecular flexibility index (Phi) is 6.87. The summed E-state index contributed by atoms with van der Waals surface area (Å²) < 4.78 is 0. The fourth-order valence-corrected chi connectivity index (χ4v) is 4.33. The normalized spacial score (nSPS) is 13.8. The number of carbonyl (C=O) groups is 2. The zero-order valence-electron chi connectivity index (χ0n) is 17.2. The van der Waals surface area contributed by atoms with E-state index in [2.05, 4.69) is 20.2 Å². The number of nitrogens with zero attached hydrogens (tertiary/aromatic N) is 3. The highest BCUT2D eigenvalue weighted by Gasteiger charge is 2.21. The molecule has 1 aliphatic rings. The first-order valence-corrected chi connectivity index (χ1v) is 11.5. The van der Waals surface area contributed by atoms with Crippen LogP contribution in [0.2, 0.25) is 5.02 Å². The van der Waals surface area contributed by atoms with Crippen LogP contribution in [0.4, 0.5) is 10.8 Å². The van der Waals surface area contributed by atoms with Crippen LogP contribution in [0.15, 0.2) is 52.8 Å². The molecule has 2 amide bonds. The molecule has 3 heterocycles. The van der Waals surface area contributed by atoms with E-state index < -0.39 is 0 Å². The van der Waals surface area contributed by atoms with Crippen molar-refractivity contribution in [2.24, 2.45) is 0 Å². The number of aromatic amines is 1. The highest BCUT2D eigenvalue weighted by molar-refractivity contribution is 7.14. The van der Waals surface area contributed by atoms with Gasteiger partial charge in [-0.1, -0.05) is 11.6 Å². The maximum absolute atomic E-state index is 12.6. The van der Waals surface area contributed by atoms with Crippen molar-refractivity contribution in [1.82, 2.24) is 14.9 Å². The second-order valence-electron chi connectivity index (χ2n) is 7.38. The minimum atomic E-state index is -0.350. The van der Waals surface area contributed by atoms with Crippen LogP contribution in [0.3, 0.4) is 0 Å². The molecule has 0 bridgehead atoms. The zero-order valence-corrected chi connectivity index (χ0v) is 18.8. The topological polar surface area (TPSA) is 98.4 Å². The second-order valence-corrected chi connectivity index (χ2v) is 8.68. The number of piperazine rings is 1. The molecule has 0 saturated carbocycles. The monoisotopic (exact) mass is 471 g/mol. The molecular formula is C22H22ClN5O3S. The van der Waals surface area contributed by atoms with Crippen LogP contribution in [0.25, 0.3) is 0 Å². The van der Waals surface area contributed by atoms with E-state index in [9.17, 15) is 14.4 Å². The van der Waals surface area contributed by atoms with Crippen LogP contribution in [0.5, 0.6) is 0 Å². The van der Waals surface area contributed by atoms with Gasteiger partial charge in [-0.15, -0.1) is 11.3 Å². The standard InChI is InChI=1S/C22H22ClN5O3S/c23-16-2-5-18(6-3-16)27-9-11-28(12-10-27)20(30)8-4-17-14-32-22(25-17)26-21(31)15-1-7-19(29)24-13-15/h1-3,5-7,13-14H,4,8-12H2,(H,24,29)(H,25,26,31). The van der Waals surface area contributed by atoms with Gasteiger partial charge >= 0.3 is 0 Å². The van der Waals surface area contributed by atoms with Gasteiger partial charge in [0.2, 0.25) is 11.5 Å². The average molecular weight is 472 g/mol. The third-order valence-corrected chi connectivity index (χ3v) is 6.30. The van der Waals surface area contributed by atoms with E-state index in [1.54, 1.807) is 0 Å². The Hall–Kier alpha value is -3.17. The molecule has 0 radical (unpaired) electrons. The Morgan fingerprint density at radius 3 is 2.53 bits per heavy atom. The fourth-order valence-electron chi connectivity index (χ4n) is 3.46. The third-order valence-electron chi connectivity index (χ3n) is 5.24. The average Bonchev–Trinajstić information content (AvgIpc) is 3.26. The maximum atomic E-state index is 12.6. The van der Waals surface area contributed by atoms with Crippen LogP contribution < -0.4 is 15.8 Å². The number of hydrogen-bond donors (Lipinski definition) is 2. The number of aromatic nitrogens is 2. The molecule has 8 nitrogen and oxygen atoms in total. The number of nitrogens with one attached hydrogen (secondary N) is 2. The summed E-state index contributed by atoms with van der Waals surface area (Å²) in [5.41, 5.74) is 1.95. The van der Waals surface area contributed by atoms with Crippen LogP contribution in [0.1, 0.15) is 22.5 Å². The number of aryl methyl sites for hydroxylation is 1. The van der Waals surface area contributed by atoms with Gasteiger partial charge in [-0.05, 0) is 36.8 Å². The van der Waals surface area contributed by atoms with Crippen molar-refractivity contribution in [2.75, 3.05) is 36.4 Å². The minimum Gasteiger partial charge on any atom is -0.368 e. The van der Waals surface area contributed by atoms with Crippen LogP contribution in [-0.2, 0) is 11.2 Å². The van der Waals surface area contributed by atoms with E-state index in [4.69, 9.17) is 11.6 Å². The summed E-state index contributed by atoms with van der Waals surface area (Å²) in [5.74, 6) is -0.246. The molecule has 0 unspecified atom stereocenters. The van der Waals surface area contributed by atoms with Gasteiger partial charge in [-0.3, -0.25) is 19.7 Å². The third kappa shape index (κ3) is 5.54. The Bertz CT molecular complexity index is 1130. The van der Waals surface area contributed by atoms with Gasteiger partial charge in [0.1, 0.15) is 0 Å². The smallest absolute Gasteiger partial charge is 0.258 e. The van der Waals surface area contributed by atoms with Crippen LogP contribution in [0, 0.1) is 0 Å². The summed E-state index contributed by atoms with van der Waals surface area (Å²) in [4.78, 5) is 46.9. The van der Waals surface area contributed by atoms with E-state index in [1.807, 2.05) is 34.5 Å². The molecule has 0 spiro atoms. The minimum absolute atomic E-state index is 0.104. The number of pyridine rings is 1. The Morgan fingerprint density at radius 2 is 1.84 bits per heavy atom.